The van der Waals surface area contributed by atoms with Gasteiger partial charge in [-0.25, -0.2) is 4.39 Å². The van der Waals surface area contributed by atoms with E-state index < -0.39 is 5.82 Å². The van der Waals surface area contributed by atoms with Gasteiger partial charge in [-0.05, 0) is 54.8 Å². The predicted octanol–water partition coefficient (Wildman–Crippen LogP) is 3.63. The van der Waals surface area contributed by atoms with Crippen LogP contribution in [0.1, 0.15) is 23.2 Å². The predicted molar refractivity (Wildman–Crippen MR) is 90.2 cm³/mol. The summed E-state index contributed by atoms with van der Waals surface area (Å²) >= 11 is 5.86. The molecule has 23 heavy (non-hydrogen) atoms. The van der Waals surface area contributed by atoms with E-state index in [4.69, 9.17) is 11.6 Å². The molecule has 3 nitrogen and oxygen atoms in total. The van der Waals surface area contributed by atoms with Crippen molar-refractivity contribution >= 4 is 17.5 Å². The van der Waals surface area contributed by atoms with Gasteiger partial charge in [-0.2, -0.15) is 0 Å². The lowest BCUT2D eigenvalue weighted by atomic mass is 10.0. The van der Waals surface area contributed by atoms with Crippen molar-refractivity contribution in [2.45, 2.75) is 18.9 Å². The second-order valence-electron chi connectivity index (χ2n) is 5.72. The van der Waals surface area contributed by atoms with Crippen molar-refractivity contribution in [3.05, 3.63) is 58.9 Å². The van der Waals surface area contributed by atoms with Gasteiger partial charge in [0.05, 0.1) is 5.56 Å². The van der Waals surface area contributed by atoms with Gasteiger partial charge in [0.2, 0.25) is 0 Å². The number of hydrogen-bond donors (Lipinski definition) is 2. The number of amides is 1. The molecule has 0 radical (unpaired) electrons. The molecule has 1 amide bonds. The monoisotopic (exact) mass is 332 g/mol. The topological polar surface area (TPSA) is 41.1 Å². The van der Waals surface area contributed by atoms with Crippen LogP contribution in [0.25, 0.3) is 11.1 Å². The van der Waals surface area contributed by atoms with E-state index in [-0.39, 0.29) is 17.5 Å². The third kappa shape index (κ3) is 3.89. The molecule has 1 fully saturated rings. The van der Waals surface area contributed by atoms with Crippen molar-refractivity contribution in [3.8, 4) is 11.1 Å². The van der Waals surface area contributed by atoms with Crippen LogP contribution in [-0.4, -0.2) is 25.0 Å². The summed E-state index contributed by atoms with van der Waals surface area (Å²) in [5.74, 6) is -0.877. The first-order valence-corrected chi connectivity index (χ1v) is 8.08. The summed E-state index contributed by atoms with van der Waals surface area (Å²) in [5.41, 5.74) is 1.65. The van der Waals surface area contributed by atoms with Crippen LogP contribution in [0.3, 0.4) is 0 Å². The fourth-order valence-electron chi connectivity index (χ4n) is 2.76. The van der Waals surface area contributed by atoms with Gasteiger partial charge in [0.15, 0.2) is 0 Å². The first kappa shape index (κ1) is 16.0. The zero-order chi connectivity index (χ0) is 16.2. The van der Waals surface area contributed by atoms with E-state index in [0.717, 1.165) is 37.1 Å². The average Bonchev–Trinajstić information content (AvgIpc) is 2.56. The average molecular weight is 333 g/mol. The van der Waals surface area contributed by atoms with Crippen LogP contribution < -0.4 is 10.6 Å². The van der Waals surface area contributed by atoms with E-state index >= 15 is 0 Å². The molecule has 3 rings (SSSR count). The van der Waals surface area contributed by atoms with Gasteiger partial charge in [-0.3, -0.25) is 4.79 Å². The SMILES string of the molecule is O=C(N[C@@H]1CCCNC1)c1ccc(-c2ccc(Cl)cc2)cc1F. The minimum atomic E-state index is -0.515. The van der Waals surface area contributed by atoms with Crippen molar-refractivity contribution in [1.29, 1.82) is 0 Å². The zero-order valence-electron chi connectivity index (χ0n) is 12.6. The summed E-state index contributed by atoms with van der Waals surface area (Å²) in [4.78, 5) is 12.2. The van der Waals surface area contributed by atoms with Crippen LogP contribution in [0.5, 0.6) is 0 Å². The van der Waals surface area contributed by atoms with Crippen molar-refractivity contribution in [2.75, 3.05) is 13.1 Å². The number of carbonyl (C=O) groups is 1. The number of benzene rings is 2. The Balaban J connectivity index is 1.76. The molecule has 2 aromatic rings. The van der Waals surface area contributed by atoms with Crippen LogP contribution >= 0.6 is 11.6 Å². The Kier molecular flexibility index (Phi) is 4.94. The maximum atomic E-state index is 14.3. The highest BCUT2D eigenvalue weighted by atomic mass is 35.5. The minimum Gasteiger partial charge on any atom is -0.348 e. The largest absolute Gasteiger partial charge is 0.348 e. The number of nitrogens with one attached hydrogen (secondary N) is 2. The minimum absolute atomic E-state index is 0.0617. The Labute approximate surface area is 139 Å². The van der Waals surface area contributed by atoms with Crippen LogP contribution in [0.4, 0.5) is 4.39 Å². The summed E-state index contributed by atoms with van der Waals surface area (Å²) in [6.07, 6.45) is 1.94. The van der Waals surface area contributed by atoms with E-state index in [1.54, 1.807) is 18.2 Å². The second-order valence-corrected chi connectivity index (χ2v) is 6.15. The molecule has 0 spiro atoms. The Morgan fingerprint density at radius 1 is 1.17 bits per heavy atom. The van der Waals surface area contributed by atoms with Gasteiger partial charge >= 0.3 is 0 Å². The van der Waals surface area contributed by atoms with Gasteiger partial charge in [0.1, 0.15) is 5.82 Å². The van der Waals surface area contributed by atoms with Gasteiger partial charge in [-0.15, -0.1) is 0 Å². The van der Waals surface area contributed by atoms with E-state index in [1.165, 1.54) is 12.1 Å². The number of piperidine rings is 1. The first-order valence-electron chi connectivity index (χ1n) is 7.70. The molecule has 120 valence electrons. The van der Waals surface area contributed by atoms with E-state index in [9.17, 15) is 9.18 Å². The lowest BCUT2D eigenvalue weighted by Crippen LogP contribution is -2.45. The standard InChI is InChI=1S/C18H18ClFN2O/c19-14-6-3-12(4-7-14)13-5-8-16(17(20)10-13)18(23)22-15-2-1-9-21-11-15/h3-8,10,15,21H,1-2,9,11H2,(H,22,23)/t15-/m1/s1. The molecular weight excluding hydrogens is 315 g/mol. The van der Waals surface area contributed by atoms with Crippen LogP contribution in [0.2, 0.25) is 5.02 Å². The Morgan fingerprint density at radius 3 is 2.57 bits per heavy atom. The zero-order valence-corrected chi connectivity index (χ0v) is 13.4. The Hall–Kier alpha value is -1.91. The molecule has 1 heterocycles. The maximum Gasteiger partial charge on any atom is 0.254 e. The van der Waals surface area contributed by atoms with Gasteiger partial charge in [-0.1, -0.05) is 29.8 Å². The second kappa shape index (κ2) is 7.11. The third-order valence-corrected chi connectivity index (χ3v) is 4.28. The number of halogens is 2. The molecule has 5 heteroatoms. The lowest BCUT2D eigenvalue weighted by molar-refractivity contribution is 0.0926. The molecule has 0 saturated carbocycles. The molecule has 1 aliphatic heterocycles. The smallest absolute Gasteiger partial charge is 0.254 e. The molecule has 0 bridgehead atoms. The molecule has 1 aliphatic rings. The fourth-order valence-corrected chi connectivity index (χ4v) is 2.89. The lowest BCUT2D eigenvalue weighted by Gasteiger charge is -2.23. The highest BCUT2D eigenvalue weighted by Gasteiger charge is 2.18. The van der Waals surface area contributed by atoms with Crippen LogP contribution in [0.15, 0.2) is 42.5 Å². The summed E-state index contributed by atoms with van der Waals surface area (Å²) in [6, 6.07) is 11.9. The molecule has 0 aliphatic carbocycles. The van der Waals surface area contributed by atoms with Crippen molar-refractivity contribution < 1.29 is 9.18 Å². The number of hydrogen-bond acceptors (Lipinski definition) is 2. The van der Waals surface area contributed by atoms with Crippen molar-refractivity contribution in [1.82, 2.24) is 10.6 Å². The Morgan fingerprint density at radius 2 is 1.91 bits per heavy atom. The van der Waals surface area contributed by atoms with Crippen molar-refractivity contribution in [3.63, 3.8) is 0 Å². The third-order valence-electron chi connectivity index (χ3n) is 4.02. The summed E-state index contributed by atoms with van der Waals surface area (Å²) < 4.78 is 14.3. The van der Waals surface area contributed by atoms with E-state index in [1.807, 2.05) is 12.1 Å². The summed E-state index contributed by atoms with van der Waals surface area (Å²) in [7, 11) is 0. The van der Waals surface area contributed by atoms with Crippen LogP contribution in [-0.2, 0) is 0 Å². The number of rotatable bonds is 3. The molecule has 1 saturated heterocycles. The Bertz CT molecular complexity index is 697. The quantitative estimate of drug-likeness (QED) is 0.901. The molecule has 2 aromatic carbocycles. The summed E-state index contributed by atoms with van der Waals surface area (Å²) in [5, 5.41) is 6.74. The van der Waals surface area contributed by atoms with Gasteiger partial charge in [0, 0.05) is 17.6 Å². The molecule has 0 unspecified atom stereocenters. The van der Waals surface area contributed by atoms with Crippen LogP contribution in [0, 0.1) is 5.82 Å². The normalized spacial score (nSPS) is 17.7. The van der Waals surface area contributed by atoms with Gasteiger partial charge < -0.3 is 10.6 Å². The van der Waals surface area contributed by atoms with E-state index in [2.05, 4.69) is 10.6 Å². The molecule has 1 atom stereocenters. The fraction of sp³-hybridized carbons (Fsp3) is 0.278. The molecular formula is C18H18ClFN2O. The van der Waals surface area contributed by atoms with E-state index in [0.29, 0.717) is 5.02 Å². The molecule has 0 aromatic heterocycles. The first-order chi connectivity index (χ1) is 11.1. The maximum absolute atomic E-state index is 14.3. The highest BCUT2D eigenvalue weighted by Crippen LogP contribution is 2.23. The van der Waals surface area contributed by atoms with Crippen molar-refractivity contribution in [2.24, 2.45) is 0 Å². The van der Waals surface area contributed by atoms with Gasteiger partial charge in [0.25, 0.3) is 5.91 Å². The summed E-state index contributed by atoms with van der Waals surface area (Å²) in [6.45, 7) is 1.70. The molecule has 2 N–H and O–H groups in total. The number of carbonyl (C=O) groups excluding carboxylic acids is 1. The highest BCUT2D eigenvalue weighted by molar-refractivity contribution is 6.30.